The Kier molecular flexibility index (Phi) is 5.69. The minimum Gasteiger partial charge on any atom is -0.495 e. The van der Waals surface area contributed by atoms with Gasteiger partial charge < -0.3 is 14.0 Å². The van der Waals surface area contributed by atoms with Crippen LogP contribution < -0.4 is 10.3 Å². The summed E-state index contributed by atoms with van der Waals surface area (Å²) in [6.07, 6.45) is 2.90. The molecule has 0 saturated heterocycles. The lowest BCUT2D eigenvalue weighted by atomic mass is 10.0. The number of hydrogen-bond donors (Lipinski definition) is 0. The van der Waals surface area contributed by atoms with Crippen LogP contribution in [0.25, 0.3) is 16.8 Å². The van der Waals surface area contributed by atoms with Crippen molar-refractivity contribution in [2.75, 3.05) is 7.11 Å². The van der Waals surface area contributed by atoms with Crippen molar-refractivity contribution < 1.29 is 14.3 Å². The minimum atomic E-state index is -0.647. The van der Waals surface area contributed by atoms with Gasteiger partial charge in [-0.2, -0.15) is 4.68 Å². The average molecular weight is 418 g/mol. The Morgan fingerprint density at radius 3 is 2.59 bits per heavy atom. The van der Waals surface area contributed by atoms with Crippen LogP contribution >= 0.6 is 11.6 Å². The van der Waals surface area contributed by atoms with Crippen molar-refractivity contribution in [2.45, 2.75) is 32.9 Å². The Morgan fingerprint density at radius 1 is 1.21 bits per heavy atom. The van der Waals surface area contributed by atoms with Gasteiger partial charge in [0.2, 0.25) is 0 Å². The molecule has 0 N–H and O–H groups in total. The Bertz CT molecular complexity index is 1090. The first-order chi connectivity index (χ1) is 13.7. The van der Waals surface area contributed by atoms with Crippen molar-refractivity contribution in [3.05, 3.63) is 52.2 Å². The normalized spacial score (nSPS) is 11.3. The average Bonchev–Trinajstić information content (AvgIpc) is 3.16. The highest BCUT2D eigenvalue weighted by molar-refractivity contribution is 6.31. The molecule has 0 aliphatic rings. The summed E-state index contributed by atoms with van der Waals surface area (Å²) in [6.45, 7) is 5.05. The molecule has 2 heterocycles. The molecule has 0 bridgehead atoms. The quantitative estimate of drug-likeness (QED) is 0.588. The molecule has 10 heteroatoms. The molecule has 0 atom stereocenters. The van der Waals surface area contributed by atoms with Crippen LogP contribution in [0.4, 0.5) is 0 Å². The van der Waals surface area contributed by atoms with Crippen molar-refractivity contribution in [3.8, 4) is 22.6 Å². The van der Waals surface area contributed by atoms with E-state index in [2.05, 4.69) is 15.5 Å². The van der Waals surface area contributed by atoms with Crippen LogP contribution in [-0.4, -0.2) is 43.5 Å². The highest BCUT2D eigenvalue weighted by Crippen LogP contribution is 2.34. The van der Waals surface area contributed by atoms with Gasteiger partial charge in [-0.1, -0.05) is 11.6 Å². The van der Waals surface area contributed by atoms with Gasteiger partial charge in [0, 0.05) is 22.2 Å². The number of methoxy groups -OCH3 is 1. The van der Waals surface area contributed by atoms with E-state index < -0.39 is 17.1 Å². The van der Waals surface area contributed by atoms with Gasteiger partial charge in [-0.05, 0) is 49.4 Å². The van der Waals surface area contributed by atoms with Crippen LogP contribution in [0.2, 0.25) is 5.02 Å². The summed E-state index contributed by atoms with van der Waals surface area (Å²) < 4.78 is 13.5. The summed E-state index contributed by atoms with van der Waals surface area (Å²) in [5, 5.41) is 11.7. The van der Waals surface area contributed by atoms with E-state index in [4.69, 9.17) is 21.1 Å². The molecule has 0 unspecified atom stereocenters. The van der Waals surface area contributed by atoms with Gasteiger partial charge in [-0.3, -0.25) is 9.59 Å². The third kappa shape index (κ3) is 4.80. The standard InChI is InChI=1S/C19H20ClN5O4/c1-19(2,3)29-18(27)10-24-9-16(28-4)14(8-17(24)26)13-7-12(20)5-6-15(13)25-11-21-22-23-25/h5-9,11H,10H2,1-4H3. The second-order valence-corrected chi connectivity index (χ2v) is 7.66. The first kappa shape index (κ1) is 20.5. The Balaban J connectivity index is 2.07. The second-order valence-electron chi connectivity index (χ2n) is 7.22. The van der Waals surface area contributed by atoms with E-state index in [1.807, 2.05) is 0 Å². The van der Waals surface area contributed by atoms with E-state index in [-0.39, 0.29) is 6.54 Å². The number of hydrogen-bond acceptors (Lipinski definition) is 7. The van der Waals surface area contributed by atoms with Crippen molar-refractivity contribution in [1.29, 1.82) is 0 Å². The topological polar surface area (TPSA) is 101 Å². The number of carbonyl (C=O) groups excluding carboxylic acids is 1. The molecule has 0 saturated carbocycles. The van der Waals surface area contributed by atoms with Crippen LogP contribution in [0.15, 0.2) is 41.6 Å². The van der Waals surface area contributed by atoms with Crippen LogP contribution in [0.5, 0.6) is 5.75 Å². The maximum Gasteiger partial charge on any atom is 0.326 e. The van der Waals surface area contributed by atoms with Crippen molar-refractivity contribution in [2.24, 2.45) is 0 Å². The lowest BCUT2D eigenvalue weighted by Gasteiger charge is -2.20. The molecular formula is C19H20ClN5O4. The van der Waals surface area contributed by atoms with Crippen molar-refractivity contribution in [3.63, 3.8) is 0 Å². The first-order valence-corrected chi connectivity index (χ1v) is 9.09. The molecule has 2 aromatic heterocycles. The summed E-state index contributed by atoms with van der Waals surface area (Å²) in [7, 11) is 1.47. The summed E-state index contributed by atoms with van der Waals surface area (Å²) >= 11 is 6.18. The molecule has 0 fully saturated rings. The fourth-order valence-corrected chi connectivity index (χ4v) is 2.93. The lowest BCUT2D eigenvalue weighted by Crippen LogP contribution is -2.30. The number of carbonyl (C=O) groups is 1. The highest BCUT2D eigenvalue weighted by Gasteiger charge is 2.19. The third-order valence-corrected chi connectivity index (χ3v) is 4.11. The molecule has 0 spiro atoms. The second kappa shape index (κ2) is 8.04. The van der Waals surface area contributed by atoms with E-state index in [0.717, 1.165) is 0 Å². The number of halogens is 1. The van der Waals surface area contributed by atoms with Gasteiger partial charge in [0.25, 0.3) is 5.56 Å². The maximum absolute atomic E-state index is 12.7. The maximum atomic E-state index is 12.7. The summed E-state index contributed by atoms with van der Waals surface area (Å²) in [5.41, 5.74) is 0.664. The Hall–Kier alpha value is -3.20. The summed E-state index contributed by atoms with van der Waals surface area (Å²) in [6, 6.07) is 6.49. The van der Waals surface area contributed by atoms with E-state index in [0.29, 0.717) is 27.6 Å². The number of aromatic nitrogens is 5. The number of ether oxygens (including phenoxy) is 2. The summed E-state index contributed by atoms with van der Waals surface area (Å²) in [4.78, 5) is 24.8. The lowest BCUT2D eigenvalue weighted by molar-refractivity contribution is -0.155. The van der Waals surface area contributed by atoms with Crippen LogP contribution in [0.1, 0.15) is 20.8 Å². The molecule has 0 radical (unpaired) electrons. The molecule has 3 rings (SSSR count). The number of esters is 1. The molecule has 9 nitrogen and oxygen atoms in total. The SMILES string of the molecule is COc1cn(CC(=O)OC(C)(C)C)c(=O)cc1-c1cc(Cl)ccc1-n1cnnn1. The number of rotatable bonds is 5. The molecule has 0 aliphatic heterocycles. The molecule has 1 aromatic carbocycles. The molecule has 0 amide bonds. The van der Waals surface area contributed by atoms with E-state index in [9.17, 15) is 9.59 Å². The third-order valence-electron chi connectivity index (χ3n) is 3.87. The number of pyridine rings is 1. The van der Waals surface area contributed by atoms with Crippen molar-refractivity contribution >= 4 is 17.6 Å². The minimum absolute atomic E-state index is 0.234. The molecule has 0 aliphatic carbocycles. The Morgan fingerprint density at radius 2 is 1.97 bits per heavy atom. The fourth-order valence-electron chi connectivity index (χ4n) is 2.76. The van der Waals surface area contributed by atoms with Gasteiger partial charge in [0.05, 0.1) is 19.0 Å². The molecule has 3 aromatic rings. The molecule has 152 valence electrons. The smallest absolute Gasteiger partial charge is 0.326 e. The van der Waals surface area contributed by atoms with Gasteiger partial charge in [-0.15, -0.1) is 5.10 Å². The number of tetrazole rings is 1. The highest BCUT2D eigenvalue weighted by atomic mass is 35.5. The fraction of sp³-hybridized carbons (Fsp3) is 0.316. The van der Waals surface area contributed by atoms with E-state index in [1.54, 1.807) is 39.0 Å². The first-order valence-electron chi connectivity index (χ1n) is 8.71. The monoisotopic (exact) mass is 417 g/mol. The predicted octanol–water partition coefficient (Wildman–Crippen LogP) is 2.49. The zero-order chi connectivity index (χ0) is 21.2. The van der Waals surface area contributed by atoms with Gasteiger partial charge in [-0.25, -0.2) is 0 Å². The van der Waals surface area contributed by atoms with Gasteiger partial charge >= 0.3 is 5.97 Å². The van der Waals surface area contributed by atoms with Crippen LogP contribution in [0.3, 0.4) is 0 Å². The van der Waals surface area contributed by atoms with Crippen molar-refractivity contribution in [1.82, 2.24) is 24.8 Å². The van der Waals surface area contributed by atoms with Gasteiger partial charge in [0.1, 0.15) is 24.2 Å². The largest absolute Gasteiger partial charge is 0.495 e. The summed E-state index contributed by atoms with van der Waals surface area (Å²) in [5.74, 6) is -0.142. The number of benzene rings is 1. The Labute approximate surface area is 171 Å². The molecular weight excluding hydrogens is 398 g/mol. The van der Waals surface area contributed by atoms with Gasteiger partial charge in [0.15, 0.2) is 0 Å². The zero-order valence-corrected chi connectivity index (χ0v) is 17.2. The number of nitrogens with zero attached hydrogens (tertiary/aromatic N) is 5. The van der Waals surface area contributed by atoms with Crippen LogP contribution in [0, 0.1) is 0 Å². The zero-order valence-electron chi connectivity index (χ0n) is 16.4. The molecule has 29 heavy (non-hydrogen) atoms. The van der Waals surface area contributed by atoms with Crippen LogP contribution in [-0.2, 0) is 16.1 Å². The van der Waals surface area contributed by atoms with E-state index in [1.165, 1.54) is 34.9 Å². The van der Waals surface area contributed by atoms with E-state index >= 15 is 0 Å². The predicted molar refractivity (Wildman–Crippen MR) is 106 cm³/mol.